The second-order valence-corrected chi connectivity index (χ2v) is 5.85. The average molecular weight is 345 g/mol. The summed E-state index contributed by atoms with van der Waals surface area (Å²) in [5.74, 6) is 1.27. The van der Waals surface area contributed by atoms with Gasteiger partial charge in [-0.15, -0.1) is 0 Å². The maximum absolute atomic E-state index is 6.18. The molecule has 0 aliphatic rings. The molecule has 3 rings (SSSR count). The lowest BCUT2D eigenvalue weighted by Gasteiger charge is -2.03. The van der Waals surface area contributed by atoms with E-state index in [0.717, 1.165) is 16.8 Å². The van der Waals surface area contributed by atoms with E-state index < -0.39 is 0 Å². The summed E-state index contributed by atoms with van der Waals surface area (Å²) in [5, 5.41) is 5.39. The molecule has 1 aromatic heterocycles. The van der Waals surface area contributed by atoms with Crippen LogP contribution in [0, 0.1) is 6.92 Å². The van der Waals surface area contributed by atoms with Gasteiger partial charge in [-0.05, 0) is 48.9 Å². The molecule has 1 N–H and O–H groups in total. The van der Waals surface area contributed by atoms with E-state index in [1.165, 1.54) is 0 Å². The molecule has 0 spiro atoms. The van der Waals surface area contributed by atoms with Gasteiger partial charge in [-0.2, -0.15) is 5.10 Å². The summed E-state index contributed by atoms with van der Waals surface area (Å²) >= 11 is 12.2. The third-order valence-corrected chi connectivity index (χ3v) is 3.91. The Balaban J connectivity index is 1.76. The maximum Gasteiger partial charge on any atom is 0.147 e. The monoisotopic (exact) mass is 344 g/mol. The van der Waals surface area contributed by atoms with Gasteiger partial charge in [0.15, 0.2) is 0 Å². The standard InChI is InChI=1S/C18H14Cl2N2O/c1-12-4-2-3-5-17(12)22-21-11-14-7-9-18(23-14)15-10-13(19)6-8-16(15)20/h2-11,22H,1H3/b21-11+. The topological polar surface area (TPSA) is 37.5 Å². The van der Waals surface area contributed by atoms with Crippen LogP contribution in [0.1, 0.15) is 11.3 Å². The molecule has 3 aromatic rings. The van der Waals surface area contributed by atoms with Gasteiger partial charge in [-0.25, -0.2) is 0 Å². The van der Waals surface area contributed by atoms with E-state index in [2.05, 4.69) is 10.5 Å². The summed E-state index contributed by atoms with van der Waals surface area (Å²) in [5.41, 5.74) is 5.82. The fourth-order valence-electron chi connectivity index (χ4n) is 2.12. The number of nitrogens with zero attached hydrogens (tertiary/aromatic N) is 1. The predicted octanol–water partition coefficient (Wildman–Crippen LogP) is 6.01. The van der Waals surface area contributed by atoms with Gasteiger partial charge >= 0.3 is 0 Å². The lowest BCUT2D eigenvalue weighted by Crippen LogP contribution is -1.91. The average Bonchev–Trinajstić information content (AvgIpc) is 3.00. The van der Waals surface area contributed by atoms with Crippen LogP contribution in [0.15, 0.2) is 64.1 Å². The van der Waals surface area contributed by atoms with Crippen LogP contribution in [-0.2, 0) is 0 Å². The highest BCUT2D eigenvalue weighted by Gasteiger charge is 2.08. The second kappa shape index (κ2) is 6.90. The van der Waals surface area contributed by atoms with Gasteiger partial charge < -0.3 is 4.42 Å². The minimum Gasteiger partial charge on any atom is -0.455 e. The molecule has 0 saturated carbocycles. The van der Waals surface area contributed by atoms with Crippen molar-refractivity contribution in [3.8, 4) is 11.3 Å². The number of hydrogen-bond acceptors (Lipinski definition) is 3. The first-order valence-electron chi connectivity index (χ1n) is 7.03. The third-order valence-electron chi connectivity index (χ3n) is 3.34. The molecular formula is C18H14Cl2N2O. The Kier molecular flexibility index (Phi) is 4.70. The van der Waals surface area contributed by atoms with Crippen molar-refractivity contribution in [2.45, 2.75) is 6.92 Å². The fraction of sp³-hybridized carbons (Fsp3) is 0.0556. The molecule has 0 saturated heterocycles. The quantitative estimate of drug-likeness (QED) is 0.465. The Bertz CT molecular complexity index is 856. The minimum atomic E-state index is 0.588. The van der Waals surface area contributed by atoms with E-state index in [1.807, 2.05) is 43.3 Å². The Morgan fingerprint density at radius 2 is 1.87 bits per heavy atom. The van der Waals surface area contributed by atoms with Crippen LogP contribution in [0.2, 0.25) is 10.0 Å². The van der Waals surface area contributed by atoms with Gasteiger partial charge in [0.05, 0.1) is 16.9 Å². The molecule has 0 radical (unpaired) electrons. The van der Waals surface area contributed by atoms with Crippen LogP contribution >= 0.6 is 23.2 Å². The van der Waals surface area contributed by atoms with Crippen LogP contribution in [0.3, 0.4) is 0 Å². The molecule has 116 valence electrons. The van der Waals surface area contributed by atoms with Crippen molar-refractivity contribution >= 4 is 35.1 Å². The first-order valence-corrected chi connectivity index (χ1v) is 7.79. The Morgan fingerprint density at radius 1 is 1.04 bits per heavy atom. The SMILES string of the molecule is Cc1ccccc1N/N=C/c1ccc(-c2cc(Cl)ccc2Cl)o1. The zero-order chi connectivity index (χ0) is 16.2. The summed E-state index contributed by atoms with van der Waals surface area (Å²) in [4.78, 5) is 0. The summed E-state index contributed by atoms with van der Waals surface area (Å²) in [7, 11) is 0. The smallest absolute Gasteiger partial charge is 0.147 e. The summed E-state index contributed by atoms with van der Waals surface area (Å²) in [6, 6.07) is 16.8. The highest BCUT2D eigenvalue weighted by atomic mass is 35.5. The number of anilines is 1. The molecule has 0 aliphatic carbocycles. The molecule has 0 fully saturated rings. The number of benzene rings is 2. The van der Waals surface area contributed by atoms with Gasteiger partial charge in [0, 0.05) is 10.6 Å². The van der Waals surface area contributed by atoms with Crippen molar-refractivity contribution in [1.82, 2.24) is 0 Å². The number of hydrogen-bond donors (Lipinski definition) is 1. The summed E-state index contributed by atoms with van der Waals surface area (Å²) in [6.45, 7) is 2.02. The molecule has 3 nitrogen and oxygen atoms in total. The molecule has 2 aromatic carbocycles. The van der Waals surface area contributed by atoms with Gasteiger partial charge in [0.25, 0.3) is 0 Å². The Morgan fingerprint density at radius 3 is 2.70 bits per heavy atom. The molecule has 1 heterocycles. The zero-order valence-electron chi connectivity index (χ0n) is 12.4. The number of halogens is 2. The van der Waals surface area contributed by atoms with Crippen molar-refractivity contribution in [3.63, 3.8) is 0 Å². The van der Waals surface area contributed by atoms with Crippen molar-refractivity contribution in [3.05, 3.63) is 76.0 Å². The van der Waals surface area contributed by atoms with E-state index in [9.17, 15) is 0 Å². The van der Waals surface area contributed by atoms with Gasteiger partial charge in [0.2, 0.25) is 0 Å². The van der Waals surface area contributed by atoms with E-state index >= 15 is 0 Å². The molecule has 23 heavy (non-hydrogen) atoms. The molecule has 5 heteroatoms. The Hall–Kier alpha value is -2.23. The van der Waals surface area contributed by atoms with Crippen molar-refractivity contribution in [2.24, 2.45) is 5.10 Å². The van der Waals surface area contributed by atoms with Crippen LogP contribution in [0.4, 0.5) is 5.69 Å². The zero-order valence-corrected chi connectivity index (χ0v) is 13.9. The van der Waals surface area contributed by atoms with Crippen LogP contribution in [0.25, 0.3) is 11.3 Å². The number of furan rings is 1. The van der Waals surface area contributed by atoms with Crippen LogP contribution < -0.4 is 5.43 Å². The second-order valence-electron chi connectivity index (χ2n) is 5.01. The number of hydrazone groups is 1. The molecule has 0 aliphatic heterocycles. The van der Waals surface area contributed by atoms with E-state index in [0.29, 0.717) is 21.6 Å². The summed E-state index contributed by atoms with van der Waals surface area (Å²) < 4.78 is 5.74. The van der Waals surface area contributed by atoms with E-state index in [4.69, 9.17) is 27.6 Å². The molecule has 0 atom stereocenters. The van der Waals surface area contributed by atoms with Crippen molar-refractivity contribution < 1.29 is 4.42 Å². The predicted molar refractivity (Wildman–Crippen MR) is 96.6 cm³/mol. The lowest BCUT2D eigenvalue weighted by atomic mass is 10.2. The highest BCUT2D eigenvalue weighted by Crippen LogP contribution is 2.31. The normalized spacial score (nSPS) is 11.1. The fourth-order valence-corrected chi connectivity index (χ4v) is 2.50. The third kappa shape index (κ3) is 3.76. The van der Waals surface area contributed by atoms with Crippen LogP contribution in [-0.4, -0.2) is 6.21 Å². The van der Waals surface area contributed by atoms with Crippen molar-refractivity contribution in [2.75, 3.05) is 5.43 Å². The van der Waals surface area contributed by atoms with E-state index in [1.54, 1.807) is 24.4 Å². The van der Waals surface area contributed by atoms with Crippen LogP contribution in [0.5, 0.6) is 0 Å². The van der Waals surface area contributed by atoms with Gasteiger partial charge in [0.1, 0.15) is 11.5 Å². The van der Waals surface area contributed by atoms with Gasteiger partial charge in [-0.1, -0.05) is 41.4 Å². The number of aryl methyl sites for hydroxylation is 1. The molecule has 0 unspecified atom stereocenters. The lowest BCUT2D eigenvalue weighted by molar-refractivity contribution is 0.575. The minimum absolute atomic E-state index is 0.588. The first kappa shape index (κ1) is 15.7. The number of para-hydroxylation sites is 1. The number of rotatable bonds is 4. The van der Waals surface area contributed by atoms with E-state index in [-0.39, 0.29) is 0 Å². The van der Waals surface area contributed by atoms with Gasteiger partial charge in [-0.3, -0.25) is 5.43 Å². The Labute approximate surface area is 144 Å². The molecular weight excluding hydrogens is 331 g/mol. The van der Waals surface area contributed by atoms with Crippen molar-refractivity contribution in [1.29, 1.82) is 0 Å². The maximum atomic E-state index is 6.18. The first-order chi connectivity index (χ1) is 11.1. The number of nitrogens with one attached hydrogen (secondary N) is 1. The molecule has 0 bridgehead atoms. The molecule has 0 amide bonds. The highest BCUT2D eigenvalue weighted by molar-refractivity contribution is 6.35. The summed E-state index contributed by atoms with van der Waals surface area (Å²) in [6.07, 6.45) is 1.62. The largest absolute Gasteiger partial charge is 0.455 e.